The third-order valence-corrected chi connectivity index (χ3v) is 7.67. The molecule has 10 heteroatoms. The molecule has 3 rings (SSSR count). The summed E-state index contributed by atoms with van der Waals surface area (Å²) < 4.78 is 40.0. The van der Waals surface area contributed by atoms with Gasteiger partial charge in [-0.05, 0) is 42.5 Å². The van der Waals surface area contributed by atoms with Crippen molar-refractivity contribution in [3.05, 3.63) is 64.2 Å². The van der Waals surface area contributed by atoms with Gasteiger partial charge in [-0.25, -0.2) is 17.8 Å². The van der Waals surface area contributed by atoms with Crippen LogP contribution in [0.1, 0.15) is 24.2 Å². The van der Waals surface area contributed by atoms with Crippen molar-refractivity contribution < 1.29 is 17.6 Å². The Balaban J connectivity index is 1.84. The van der Waals surface area contributed by atoms with Crippen molar-refractivity contribution in [2.75, 3.05) is 18.4 Å². The molecule has 0 fully saturated rings. The molecule has 0 aliphatic heterocycles. The molecule has 0 saturated carbocycles. The lowest BCUT2D eigenvalue weighted by atomic mass is 10.2. The Morgan fingerprint density at radius 3 is 2.47 bits per heavy atom. The fourth-order valence-corrected chi connectivity index (χ4v) is 5.47. The second-order valence-corrected chi connectivity index (χ2v) is 9.41. The van der Waals surface area contributed by atoms with Gasteiger partial charge in [0, 0.05) is 29.6 Å². The van der Waals surface area contributed by atoms with Crippen molar-refractivity contribution >= 4 is 44.0 Å². The van der Waals surface area contributed by atoms with E-state index in [1.807, 2.05) is 0 Å². The van der Waals surface area contributed by atoms with Crippen LogP contribution in [0.5, 0.6) is 0 Å². The van der Waals surface area contributed by atoms with E-state index in [0.717, 1.165) is 0 Å². The number of amides is 1. The minimum Gasteiger partial charge on any atom is -0.298 e. The highest BCUT2D eigenvalue weighted by atomic mass is 35.5. The average molecular weight is 468 g/mol. The molecule has 0 bridgehead atoms. The first kappa shape index (κ1) is 22.4. The van der Waals surface area contributed by atoms with Crippen molar-refractivity contribution in [1.29, 1.82) is 0 Å². The number of nitrogens with zero attached hydrogens (tertiary/aromatic N) is 2. The molecule has 1 aromatic heterocycles. The van der Waals surface area contributed by atoms with Crippen LogP contribution in [-0.4, -0.2) is 36.7 Å². The normalized spacial score (nSPS) is 11.6. The molecule has 6 nitrogen and oxygen atoms in total. The number of thiazole rings is 1. The summed E-state index contributed by atoms with van der Waals surface area (Å²) >= 11 is 7.32. The molecule has 158 valence electrons. The lowest BCUT2D eigenvalue weighted by Crippen LogP contribution is -2.31. The summed E-state index contributed by atoms with van der Waals surface area (Å²) in [6.45, 7) is 4.03. The van der Waals surface area contributed by atoms with Crippen molar-refractivity contribution in [3.63, 3.8) is 0 Å². The van der Waals surface area contributed by atoms with Gasteiger partial charge in [-0.2, -0.15) is 4.31 Å². The van der Waals surface area contributed by atoms with Gasteiger partial charge in [0.05, 0.1) is 10.7 Å². The molecule has 2 aromatic carbocycles. The van der Waals surface area contributed by atoms with E-state index in [2.05, 4.69) is 10.3 Å². The number of nitrogens with one attached hydrogen (secondary N) is 1. The first-order valence-electron chi connectivity index (χ1n) is 9.08. The Kier molecular flexibility index (Phi) is 6.87. The van der Waals surface area contributed by atoms with Crippen molar-refractivity contribution in [2.24, 2.45) is 0 Å². The van der Waals surface area contributed by atoms with Gasteiger partial charge in [0.2, 0.25) is 10.0 Å². The van der Waals surface area contributed by atoms with Gasteiger partial charge < -0.3 is 0 Å². The predicted molar refractivity (Wildman–Crippen MR) is 117 cm³/mol. The monoisotopic (exact) mass is 467 g/mol. The third-order valence-electron chi connectivity index (χ3n) is 4.38. The number of aromatic nitrogens is 1. The highest BCUT2D eigenvalue weighted by Crippen LogP contribution is 2.28. The molecular weight excluding hydrogens is 449 g/mol. The summed E-state index contributed by atoms with van der Waals surface area (Å²) in [6.07, 6.45) is 0. The summed E-state index contributed by atoms with van der Waals surface area (Å²) in [5.74, 6) is -0.858. The smallest absolute Gasteiger partial charge is 0.257 e. The number of benzene rings is 2. The molecule has 30 heavy (non-hydrogen) atoms. The zero-order valence-electron chi connectivity index (χ0n) is 16.2. The molecule has 0 spiro atoms. The number of sulfonamides is 1. The molecule has 0 radical (unpaired) electrons. The largest absolute Gasteiger partial charge is 0.298 e. The second kappa shape index (κ2) is 9.22. The number of carbonyl (C=O) groups is 1. The van der Waals surface area contributed by atoms with Gasteiger partial charge in [0.15, 0.2) is 5.13 Å². The molecule has 1 amide bonds. The molecule has 0 aliphatic rings. The van der Waals surface area contributed by atoms with Gasteiger partial charge in [-0.1, -0.05) is 25.4 Å². The first-order valence-corrected chi connectivity index (χ1v) is 11.8. The zero-order chi connectivity index (χ0) is 21.9. The summed E-state index contributed by atoms with van der Waals surface area (Å²) in [7, 11) is -3.82. The van der Waals surface area contributed by atoms with E-state index >= 15 is 0 Å². The van der Waals surface area contributed by atoms with Crippen molar-refractivity contribution in [2.45, 2.75) is 18.7 Å². The van der Waals surface area contributed by atoms with Crippen LogP contribution >= 0.6 is 22.9 Å². The maximum Gasteiger partial charge on any atom is 0.257 e. The van der Waals surface area contributed by atoms with E-state index in [0.29, 0.717) is 16.4 Å². The van der Waals surface area contributed by atoms with E-state index in [1.54, 1.807) is 31.4 Å². The lowest BCUT2D eigenvalue weighted by molar-refractivity contribution is 0.102. The van der Waals surface area contributed by atoms with E-state index in [4.69, 9.17) is 11.6 Å². The number of carbonyl (C=O) groups excluding carboxylic acids is 1. The summed E-state index contributed by atoms with van der Waals surface area (Å²) in [6, 6.07) is 9.96. The van der Waals surface area contributed by atoms with Gasteiger partial charge >= 0.3 is 0 Å². The van der Waals surface area contributed by atoms with Crippen LogP contribution in [0.2, 0.25) is 5.02 Å². The summed E-state index contributed by atoms with van der Waals surface area (Å²) in [5.41, 5.74) is 1.45. The van der Waals surface area contributed by atoms with Gasteiger partial charge in [0.25, 0.3) is 5.91 Å². The lowest BCUT2D eigenvalue weighted by Gasteiger charge is -2.19. The maximum absolute atomic E-state index is 13.1. The highest BCUT2D eigenvalue weighted by molar-refractivity contribution is 7.89. The highest BCUT2D eigenvalue weighted by Gasteiger charge is 2.25. The Hall–Kier alpha value is -2.33. The average Bonchev–Trinajstić information content (AvgIpc) is 3.17. The Morgan fingerprint density at radius 1 is 1.17 bits per heavy atom. The van der Waals surface area contributed by atoms with Crippen molar-refractivity contribution in [1.82, 2.24) is 9.29 Å². The summed E-state index contributed by atoms with van der Waals surface area (Å²) in [5, 5.41) is 4.78. The Morgan fingerprint density at radius 2 is 1.83 bits per heavy atom. The van der Waals surface area contributed by atoms with E-state index in [1.165, 1.54) is 46.0 Å². The molecule has 3 aromatic rings. The first-order chi connectivity index (χ1) is 14.3. The number of anilines is 1. The minimum absolute atomic E-state index is 0.0475. The molecular formula is C20H19ClFN3O3S2. The number of rotatable bonds is 7. The quantitative estimate of drug-likeness (QED) is 0.536. The topological polar surface area (TPSA) is 79.4 Å². The Bertz CT molecular complexity index is 1160. The fraction of sp³-hybridized carbons (Fsp3) is 0.200. The molecule has 0 saturated heterocycles. The van der Waals surface area contributed by atoms with Crippen LogP contribution in [0.25, 0.3) is 11.3 Å². The minimum atomic E-state index is -3.82. The van der Waals surface area contributed by atoms with Crippen LogP contribution in [0.15, 0.2) is 52.7 Å². The SMILES string of the molecule is CCN(CC)S(=O)(=O)c1cc(C(=O)Nc2nc(-c3ccc(F)cc3)cs2)ccc1Cl. The maximum atomic E-state index is 13.1. The van der Waals surface area contributed by atoms with Gasteiger partial charge in [-0.15, -0.1) is 11.3 Å². The molecule has 1 N–H and O–H groups in total. The van der Waals surface area contributed by atoms with E-state index in [9.17, 15) is 17.6 Å². The van der Waals surface area contributed by atoms with Crippen LogP contribution < -0.4 is 5.32 Å². The fourth-order valence-electron chi connectivity index (χ4n) is 2.80. The van der Waals surface area contributed by atoms with Gasteiger partial charge in [-0.3, -0.25) is 10.1 Å². The molecule has 0 aliphatic carbocycles. The van der Waals surface area contributed by atoms with Crippen molar-refractivity contribution in [3.8, 4) is 11.3 Å². The zero-order valence-corrected chi connectivity index (χ0v) is 18.6. The predicted octanol–water partition coefficient (Wildman–Crippen LogP) is 4.89. The number of hydrogen-bond donors (Lipinski definition) is 1. The van der Waals surface area contributed by atoms with Crippen LogP contribution in [0, 0.1) is 5.82 Å². The molecule has 0 atom stereocenters. The second-order valence-electron chi connectivity index (χ2n) is 6.23. The van der Waals surface area contributed by atoms with Crippen LogP contribution in [-0.2, 0) is 10.0 Å². The number of halogens is 2. The number of hydrogen-bond acceptors (Lipinski definition) is 5. The third kappa shape index (κ3) is 4.70. The van der Waals surface area contributed by atoms with E-state index in [-0.39, 0.29) is 34.4 Å². The molecule has 1 heterocycles. The summed E-state index contributed by atoms with van der Waals surface area (Å²) in [4.78, 5) is 16.9. The van der Waals surface area contributed by atoms with E-state index < -0.39 is 15.9 Å². The van der Waals surface area contributed by atoms with Crippen LogP contribution in [0.3, 0.4) is 0 Å². The van der Waals surface area contributed by atoms with Gasteiger partial charge in [0.1, 0.15) is 10.7 Å². The standard InChI is InChI=1S/C20H19ClFN3O3S2/c1-3-25(4-2)30(27,28)18-11-14(7-10-16(18)21)19(26)24-20-23-17(12-29-20)13-5-8-15(22)9-6-13/h5-12H,3-4H2,1-2H3,(H,23,24,26). The van der Waals surface area contributed by atoms with Crippen LogP contribution in [0.4, 0.5) is 9.52 Å². The molecule has 0 unspecified atom stereocenters. The Labute approximate surface area is 183 Å².